The molecule has 1 unspecified atom stereocenters. The number of ether oxygens (including phenoxy) is 1. The molecule has 136 valence electrons. The molecule has 8 nitrogen and oxygen atoms in total. The number of hydrogen-bond donors (Lipinski definition) is 3. The van der Waals surface area contributed by atoms with Gasteiger partial charge in [-0.3, -0.25) is 9.59 Å². The molecule has 1 heterocycles. The van der Waals surface area contributed by atoms with E-state index in [-0.39, 0.29) is 19.1 Å². The van der Waals surface area contributed by atoms with Crippen molar-refractivity contribution in [3.63, 3.8) is 0 Å². The molecule has 1 aliphatic heterocycles. The molecular weight excluding hydrogens is 328 g/mol. The van der Waals surface area contributed by atoms with Crippen LogP contribution in [0.4, 0.5) is 0 Å². The van der Waals surface area contributed by atoms with Crippen LogP contribution in [0.25, 0.3) is 0 Å². The maximum Gasteiger partial charge on any atom is 0.337 e. The van der Waals surface area contributed by atoms with Gasteiger partial charge in [-0.2, -0.15) is 0 Å². The number of nitrogens with zero attached hydrogens (tertiary/aromatic N) is 1. The molecular formula is C17H22N2O6. The van der Waals surface area contributed by atoms with E-state index in [0.29, 0.717) is 0 Å². The summed E-state index contributed by atoms with van der Waals surface area (Å²) in [6.45, 7) is 2.40. The Kier molecular flexibility index (Phi) is 5.76. The van der Waals surface area contributed by atoms with Crippen LogP contribution >= 0.6 is 0 Å². The first-order valence-corrected chi connectivity index (χ1v) is 7.91. The molecule has 0 spiro atoms. The van der Waals surface area contributed by atoms with Crippen LogP contribution < -0.4 is 5.32 Å². The first kappa shape index (κ1) is 18.9. The lowest BCUT2D eigenvalue weighted by Crippen LogP contribution is -2.61. The standard InChI is InChI=1S/C17H22N2O6/c1-11-14(15(21)18-10-17(2,24)16(22)23)19(13(20)9-25-11)8-12-6-4-3-5-7-12/h3-7,11,14,24H,8-10H2,1-2H3,(H,18,21)(H,22,23)/t11-,14+,17?/m1/s1. The molecule has 0 aliphatic carbocycles. The molecule has 3 N–H and O–H groups in total. The van der Waals surface area contributed by atoms with E-state index in [9.17, 15) is 19.5 Å². The molecule has 0 bridgehead atoms. The van der Waals surface area contributed by atoms with Gasteiger partial charge in [0.05, 0.1) is 12.6 Å². The minimum absolute atomic E-state index is 0.120. The zero-order valence-corrected chi connectivity index (χ0v) is 14.1. The number of hydrogen-bond acceptors (Lipinski definition) is 5. The lowest BCUT2D eigenvalue weighted by atomic mass is 10.0. The highest BCUT2D eigenvalue weighted by molar-refractivity contribution is 5.90. The minimum Gasteiger partial charge on any atom is -0.479 e. The third-order valence-corrected chi connectivity index (χ3v) is 4.10. The summed E-state index contributed by atoms with van der Waals surface area (Å²) in [7, 11) is 0. The molecule has 2 amide bonds. The van der Waals surface area contributed by atoms with E-state index >= 15 is 0 Å². The number of amides is 2. The molecule has 3 atom stereocenters. The van der Waals surface area contributed by atoms with Crippen molar-refractivity contribution in [2.24, 2.45) is 0 Å². The zero-order chi connectivity index (χ0) is 18.6. The fourth-order valence-electron chi connectivity index (χ4n) is 2.55. The largest absolute Gasteiger partial charge is 0.479 e. The number of carboxylic acids is 1. The summed E-state index contributed by atoms with van der Waals surface area (Å²) in [5.74, 6) is -2.34. The van der Waals surface area contributed by atoms with E-state index < -0.39 is 36.2 Å². The quantitative estimate of drug-likeness (QED) is 0.652. The highest BCUT2D eigenvalue weighted by atomic mass is 16.5. The predicted octanol–water partition coefficient (Wildman–Crippen LogP) is -0.246. The van der Waals surface area contributed by atoms with Crippen LogP contribution in [-0.2, 0) is 25.7 Å². The minimum atomic E-state index is -2.09. The van der Waals surface area contributed by atoms with Gasteiger partial charge in [-0.15, -0.1) is 0 Å². The Balaban J connectivity index is 2.14. The lowest BCUT2D eigenvalue weighted by Gasteiger charge is -2.39. The zero-order valence-electron chi connectivity index (χ0n) is 14.1. The second-order valence-electron chi connectivity index (χ2n) is 6.27. The Morgan fingerprint density at radius 1 is 1.36 bits per heavy atom. The average Bonchev–Trinajstić information content (AvgIpc) is 2.57. The number of carbonyl (C=O) groups excluding carboxylic acids is 2. The van der Waals surface area contributed by atoms with Gasteiger partial charge in [-0.25, -0.2) is 4.79 Å². The van der Waals surface area contributed by atoms with Gasteiger partial charge in [-0.05, 0) is 19.4 Å². The molecule has 0 aromatic heterocycles. The second-order valence-corrected chi connectivity index (χ2v) is 6.27. The number of aliphatic hydroxyl groups is 1. The summed E-state index contributed by atoms with van der Waals surface area (Å²) in [5.41, 5.74) is -1.23. The van der Waals surface area contributed by atoms with Gasteiger partial charge in [0.2, 0.25) is 11.8 Å². The van der Waals surface area contributed by atoms with Crippen LogP contribution in [0.1, 0.15) is 19.4 Å². The van der Waals surface area contributed by atoms with Gasteiger partial charge in [0.1, 0.15) is 12.6 Å². The molecule has 1 saturated heterocycles. The van der Waals surface area contributed by atoms with Crippen LogP contribution in [0.3, 0.4) is 0 Å². The lowest BCUT2D eigenvalue weighted by molar-refractivity contribution is -0.164. The summed E-state index contributed by atoms with van der Waals surface area (Å²) in [6.07, 6.45) is -0.559. The predicted molar refractivity (Wildman–Crippen MR) is 87.5 cm³/mol. The summed E-state index contributed by atoms with van der Waals surface area (Å²) in [5, 5.41) is 21.0. The van der Waals surface area contributed by atoms with Crippen molar-refractivity contribution in [2.45, 2.75) is 38.1 Å². The van der Waals surface area contributed by atoms with E-state index in [2.05, 4.69) is 5.32 Å². The molecule has 1 aromatic rings. The molecule has 25 heavy (non-hydrogen) atoms. The van der Waals surface area contributed by atoms with Crippen molar-refractivity contribution < 1.29 is 29.3 Å². The molecule has 0 radical (unpaired) electrons. The maximum atomic E-state index is 12.5. The Morgan fingerprint density at radius 3 is 2.60 bits per heavy atom. The first-order valence-electron chi connectivity index (χ1n) is 7.91. The van der Waals surface area contributed by atoms with E-state index in [1.165, 1.54) is 4.90 Å². The highest BCUT2D eigenvalue weighted by Gasteiger charge is 2.40. The number of rotatable bonds is 6. The summed E-state index contributed by atoms with van der Waals surface area (Å²) in [6, 6.07) is 8.30. The fraction of sp³-hybridized carbons (Fsp3) is 0.471. The summed E-state index contributed by atoms with van der Waals surface area (Å²) < 4.78 is 5.34. The third kappa shape index (κ3) is 4.55. The van der Waals surface area contributed by atoms with Crippen LogP contribution in [0.5, 0.6) is 0 Å². The number of carbonyl (C=O) groups is 3. The van der Waals surface area contributed by atoms with Gasteiger partial charge >= 0.3 is 5.97 Å². The van der Waals surface area contributed by atoms with Crippen molar-refractivity contribution in [3.05, 3.63) is 35.9 Å². The first-order chi connectivity index (χ1) is 11.7. The SMILES string of the molecule is C[C@H]1OCC(=O)N(Cc2ccccc2)[C@@H]1C(=O)NCC(C)(O)C(=O)O. The Morgan fingerprint density at radius 2 is 2.00 bits per heavy atom. The highest BCUT2D eigenvalue weighted by Crippen LogP contribution is 2.19. The van der Waals surface area contributed by atoms with Crippen LogP contribution in [-0.4, -0.2) is 63.8 Å². The van der Waals surface area contributed by atoms with Gasteiger partial charge in [-0.1, -0.05) is 30.3 Å². The fourth-order valence-corrected chi connectivity index (χ4v) is 2.55. The summed E-state index contributed by atoms with van der Waals surface area (Å²) in [4.78, 5) is 37.1. The van der Waals surface area contributed by atoms with E-state index in [1.807, 2.05) is 30.3 Å². The number of aliphatic carboxylic acids is 1. The van der Waals surface area contributed by atoms with Crippen LogP contribution in [0, 0.1) is 0 Å². The van der Waals surface area contributed by atoms with E-state index in [1.54, 1.807) is 6.92 Å². The van der Waals surface area contributed by atoms with E-state index in [4.69, 9.17) is 9.84 Å². The Labute approximate surface area is 145 Å². The van der Waals surface area contributed by atoms with Gasteiger partial charge in [0, 0.05) is 6.54 Å². The molecule has 2 rings (SSSR count). The third-order valence-electron chi connectivity index (χ3n) is 4.10. The average molecular weight is 350 g/mol. The Bertz CT molecular complexity index is 646. The number of morpholine rings is 1. The second kappa shape index (κ2) is 7.62. The van der Waals surface area contributed by atoms with Gasteiger partial charge < -0.3 is 25.2 Å². The molecule has 8 heteroatoms. The number of carboxylic acid groups (broad SMARTS) is 1. The number of benzene rings is 1. The normalized spacial score (nSPS) is 23.0. The topological polar surface area (TPSA) is 116 Å². The van der Waals surface area contributed by atoms with Crippen molar-refractivity contribution in [1.82, 2.24) is 10.2 Å². The number of nitrogens with one attached hydrogen (secondary N) is 1. The van der Waals surface area contributed by atoms with Crippen LogP contribution in [0.15, 0.2) is 30.3 Å². The maximum absolute atomic E-state index is 12.5. The van der Waals surface area contributed by atoms with Crippen molar-refractivity contribution in [2.75, 3.05) is 13.2 Å². The summed E-state index contributed by atoms with van der Waals surface area (Å²) >= 11 is 0. The smallest absolute Gasteiger partial charge is 0.337 e. The molecule has 0 saturated carbocycles. The van der Waals surface area contributed by atoms with Gasteiger partial charge in [0.15, 0.2) is 5.60 Å². The van der Waals surface area contributed by atoms with Gasteiger partial charge in [0.25, 0.3) is 0 Å². The Hall–Kier alpha value is -2.45. The van der Waals surface area contributed by atoms with Crippen LogP contribution in [0.2, 0.25) is 0 Å². The molecule has 1 aliphatic rings. The monoisotopic (exact) mass is 350 g/mol. The molecule has 1 aromatic carbocycles. The van der Waals surface area contributed by atoms with Crippen molar-refractivity contribution in [3.8, 4) is 0 Å². The van der Waals surface area contributed by atoms with E-state index in [0.717, 1.165) is 12.5 Å². The van der Waals surface area contributed by atoms with Crippen molar-refractivity contribution in [1.29, 1.82) is 0 Å². The van der Waals surface area contributed by atoms with Crippen molar-refractivity contribution >= 4 is 17.8 Å². The molecule has 1 fully saturated rings.